The smallest absolute Gasteiger partial charge is 0.180 e. The van der Waals surface area contributed by atoms with E-state index in [-0.39, 0.29) is 6.10 Å². The summed E-state index contributed by atoms with van der Waals surface area (Å²) in [6.07, 6.45) is 7.00. The van der Waals surface area contributed by atoms with Crippen LogP contribution in [0.3, 0.4) is 0 Å². The molecule has 2 aromatic rings. The van der Waals surface area contributed by atoms with Gasteiger partial charge in [0.15, 0.2) is 11.5 Å². The quantitative estimate of drug-likeness (QED) is 0.904. The van der Waals surface area contributed by atoms with Crippen molar-refractivity contribution in [3.8, 4) is 0 Å². The Balaban J connectivity index is 2.00. The van der Waals surface area contributed by atoms with E-state index < -0.39 is 0 Å². The van der Waals surface area contributed by atoms with Crippen molar-refractivity contribution in [2.24, 2.45) is 0 Å². The third-order valence-corrected chi connectivity index (χ3v) is 3.51. The van der Waals surface area contributed by atoms with Gasteiger partial charge in [-0.05, 0) is 6.42 Å². The highest BCUT2D eigenvalue weighted by molar-refractivity contribution is 5.67. The lowest BCUT2D eigenvalue weighted by Crippen LogP contribution is -2.42. The number of rotatable bonds is 3. The first-order valence-corrected chi connectivity index (χ1v) is 6.70. The van der Waals surface area contributed by atoms with Crippen molar-refractivity contribution in [1.29, 1.82) is 0 Å². The van der Waals surface area contributed by atoms with E-state index in [1.54, 1.807) is 6.20 Å². The normalized spacial score (nSPS) is 19.9. The molecule has 1 unspecified atom stereocenters. The lowest BCUT2D eigenvalue weighted by Gasteiger charge is -2.33. The summed E-state index contributed by atoms with van der Waals surface area (Å²) in [7, 11) is 1.88. The van der Waals surface area contributed by atoms with Gasteiger partial charge < -0.3 is 19.4 Å². The second-order valence-corrected chi connectivity index (χ2v) is 4.70. The van der Waals surface area contributed by atoms with Crippen molar-refractivity contribution in [2.75, 3.05) is 37.0 Å². The Kier molecular flexibility index (Phi) is 3.25. The average Bonchev–Trinajstić information content (AvgIpc) is 2.94. The van der Waals surface area contributed by atoms with Gasteiger partial charge in [-0.25, -0.2) is 9.97 Å². The summed E-state index contributed by atoms with van der Waals surface area (Å²) >= 11 is 0. The van der Waals surface area contributed by atoms with Gasteiger partial charge in [-0.2, -0.15) is 0 Å². The van der Waals surface area contributed by atoms with Crippen LogP contribution in [0, 0.1) is 0 Å². The SMILES string of the molecule is CCC1CN(c2nc(NC)cn3ccnc23)CCO1. The molecule has 0 spiro atoms. The molecule has 0 saturated carbocycles. The van der Waals surface area contributed by atoms with Gasteiger partial charge in [0.25, 0.3) is 0 Å². The molecule has 2 aromatic heterocycles. The minimum atomic E-state index is 0.281. The second kappa shape index (κ2) is 5.05. The minimum Gasteiger partial charge on any atom is -0.375 e. The van der Waals surface area contributed by atoms with Gasteiger partial charge in [-0.15, -0.1) is 0 Å². The topological polar surface area (TPSA) is 54.7 Å². The first-order valence-electron chi connectivity index (χ1n) is 6.70. The molecule has 1 N–H and O–H groups in total. The zero-order valence-electron chi connectivity index (χ0n) is 11.3. The average molecular weight is 261 g/mol. The maximum Gasteiger partial charge on any atom is 0.180 e. The van der Waals surface area contributed by atoms with Crippen molar-refractivity contribution in [3.63, 3.8) is 0 Å². The lowest BCUT2D eigenvalue weighted by molar-refractivity contribution is 0.0382. The predicted molar refractivity (Wildman–Crippen MR) is 74.8 cm³/mol. The summed E-state index contributed by atoms with van der Waals surface area (Å²) in [6.45, 7) is 4.63. The van der Waals surface area contributed by atoms with Crippen LogP contribution in [0.2, 0.25) is 0 Å². The molecule has 6 heteroatoms. The summed E-state index contributed by atoms with van der Waals surface area (Å²) < 4.78 is 7.72. The molecular formula is C13H19N5O. The number of ether oxygens (including phenoxy) is 1. The van der Waals surface area contributed by atoms with Gasteiger partial charge in [0.1, 0.15) is 5.82 Å². The van der Waals surface area contributed by atoms with E-state index in [2.05, 4.69) is 27.1 Å². The first kappa shape index (κ1) is 12.2. The van der Waals surface area contributed by atoms with Crippen molar-refractivity contribution < 1.29 is 4.74 Å². The number of anilines is 2. The summed E-state index contributed by atoms with van der Waals surface area (Å²) in [5, 5.41) is 3.10. The van der Waals surface area contributed by atoms with Crippen LogP contribution >= 0.6 is 0 Å². The van der Waals surface area contributed by atoms with E-state index in [0.717, 1.165) is 43.4 Å². The fourth-order valence-corrected chi connectivity index (χ4v) is 2.41. The van der Waals surface area contributed by atoms with Gasteiger partial charge in [0, 0.05) is 32.5 Å². The van der Waals surface area contributed by atoms with Gasteiger partial charge in [-0.3, -0.25) is 0 Å². The standard InChI is InChI=1S/C13H19N5O/c1-3-10-8-18(6-7-19-10)13-12-15-4-5-17(12)9-11(14-2)16-13/h4-5,9-10,14H,3,6-8H2,1-2H3. The van der Waals surface area contributed by atoms with Crippen molar-refractivity contribution in [1.82, 2.24) is 14.4 Å². The van der Waals surface area contributed by atoms with Crippen LogP contribution in [0.4, 0.5) is 11.6 Å². The molecule has 1 atom stereocenters. The number of morpholine rings is 1. The monoisotopic (exact) mass is 261 g/mol. The van der Waals surface area contributed by atoms with E-state index in [4.69, 9.17) is 4.74 Å². The molecule has 19 heavy (non-hydrogen) atoms. The van der Waals surface area contributed by atoms with Gasteiger partial charge >= 0.3 is 0 Å². The number of nitrogens with one attached hydrogen (secondary N) is 1. The number of imidazole rings is 1. The molecule has 0 amide bonds. The fraction of sp³-hybridized carbons (Fsp3) is 0.538. The summed E-state index contributed by atoms with van der Waals surface area (Å²) in [5.74, 6) is 1.78. The maximum atomic E-state index is 5.72. The first-order chi connectivity index (χ1) is 9.31. The maximum absolute atomic E-state index is 5.72. The lowest BCUT2D eigenvalue weighted by atomic mass is 10.2. The van der Waals surface area contributed by atoms with Gasteiger partial charge in [0.2, 0.25) is 0 Å². The zero-order chi connectivity index (χ0) is 13.2. The van der Waals surface area contributed by atoms with Crippen LogP contribution in [-0.2, 0) is 4.74 Å². The third kappa shape index (κ3) is 2.23. The van der Waals surface area contributed by atoms with Crippen molar-refractivity contribution in [2.45, 2.75) is 19.4 Å². The molecule has 6 nitrogen and oxygen atoms in total. The Labute approximate surface area is 112 Å². The van der Waals surface area contributed by atoms with E-state index in [1.807, 2.05) is 23.8 Å². The zero-order valence-corrected chi connectivity index (χ0v) is 11.3. The van der Waals surface area contributed by atoms with E-state index >= 15 is 0 Å². The molecule has 1 saturated heterocycles. The number of hydrogen-bond donors (Lipinski definition) is 1. The van der Waals surface area contributed by atoms with E-state index in [0.29, 0.717) is 0 Å². The molecule has 3 heterocycles. The van der Waals surface area contributed by atoms with Gasteiger partial charge in [0.05, 0.1) is 18.9 Å². The predicted octanol–water partition coefficient (Wildman–Crippen LogP) is 1.39. The molecule has 1 aliphatic rings. The van der Waals surface area contributed by atoms with Crippen molar-refractivity contribution in [3.05, 3.63) is 18.6 Å². The molecular weight excluding hydrogens is 242 g/mol. The van der Waals surface area contributed by atoms with Crippen LogP contribution in [0.25, 0.3) is 5.65 Å². The highest BCUT2D eigenvalue weighted by atomic mass is 16.5. The van der Waals surface area contributed by atoms with Crippen LogP contribution in [0.5, 0.6) is 0 Å². The Morgan fingerprint density at radius 1 is 1.53 bits per heavy atom. The summed E-state index contributed by atoms with van der Waals surface area (Å²) in [5.41, 5.74) is 0.899. The highest BCUT2D eigenvalue weighted by Crippen LogP contribution is 2.23. The second-order valence-electron chi connectivity index (χ2n) is 4.70. The Bertz CT molecular complexity index is 567. The molecule has 102 valence electrons. The molecule has 0 aliphatic carbocycles. The Morgan fingerprint density at radius 3 is 3.21 bits per heavy atom. The number of fused-ring (bicyclic) bond motifs is 1. The summed E-state index contributed by atoms with van der Waals surface area (Å²) in [4.78, 5) is 11.3. The molecule has 3 rings (SSSR count). The number of aromatic nitrogens is 3. The molecule has 0 bridgehead atoms. The van der Waals surface area contributed by atoms with Crippen molar-refractivity contribution >= 4 is 17.3 Å². The number of nitrogens with zero attached hydrogens (tertiary/aromatic N) is 4. The number of hydrogen-bond acceptors (Lipinski definition) is 5. The molecule has 0 radical (unpaired) electrons. The third-order valence-electron chi connectivity index (χ3n) is 3.51. The Morgan fingerprint density at radius 2 is 2.42 bits per heavy atom. The molecule has 1 aliphatic heterocycles. The Hall–Kier alpha value is -1.82. The minimum absolute atomic E-state index is 0.281. The summed E-state index contributed by atoms with van der Waals surface area (Å²) in [6, 6.07) is 0. The van der Waals surface area contributed by atoms with Crippen LogP contribution < -0.4 is 10.2 Å². The highest BCUT2D eigenvalue weighted by Gasteiger charge is 2.22. The largest absolute Gasteiger partial charge is 0.375 e. The molecule has 1 fully saturated rings. The van der Waals surface area contributed by atoms with Crippen LogP contribution in [-0.4, -0.2) is 47.2 Å². The van der Waals surface area contributed by atoms with E-state index in [1.165, 1.54) is 0 Å². The fourth-order valence-electron chi connectivity index (χ4n) is 2.41. The molecule has 0 aromatic carbocycles. The van der Waals surface area contributed by atoms with Crippen LogP contribution in [0.1, 0.15) is 13.3 Å². The van der Waals surface area contributed by atoms with Crippen LogP contribution in [0.15, 0.2) is 18.6 Å². The van der Waals surface area contributed by atoms with Gasteiger partial charge in [-0.1, -0.05) is 6.92 Å². The van der Waals surface area contributed by atoms with E-state index in [9.17, 15) is 0 Å².